The zero-order chi connectivity index (χ0) is 25.0. The van der Waals surface area contributed by atoms with Gasteiger partial charge >= 0.3 is 5.97 Å². The Morgan fingerprint density at radius 2 is 2.09 bits per heavy atom. The van der Waals surface area contributed by atoms with Gasteiger partial charge in [0.05, 0.1) is 30.1 Å². The minimum absolute atomic E-state index is 0.0541. The molecule has 2 unspecified atom stereocenters. The first-order valence-electron chi connectivity index (χ1n) is 11.0. The van der Waals surface area contributed by atoms with Gasteiger partial charge in [-0.15, -0.1) is 0 Å². The van der Waals surface area contributed by atoms with Crippen LogP contribution in [0, 0.1) is 6.92 Å². The number of carbonyl (C=O) groups excluding carboxylic acids is 2. The Morgan fingerprint density at radius 1 is 1.35 bits per heavy atom. The molecule has 9 nitrogen and oxygen atoms in total. The number of piperidine rings is 1. The van der Waals surface area contributed by atoms with Crippen LogP contribution < -0.4 is 10.2 Å². The van der Waals surface area contributed by atoms with Crippen LogP contribution in [0.5, 0.6) is 0 Å². The van der Waals surface area contributed by atoms with E-state index < -0.39 is 36.6 Å². The molecule has 2 aromatic heterocycles. The summed E-state index contributed by atoms with van der Waals surface area (Å²) in [7, 11) is 0. The minimum atomic E-state index is -3.03. The lowest BCUT2D eigenvalue weighted by Crippen LogP contribution is -2.56. The third-order valence-electron chi connectivity index (χ3n) is 5.24. The summed E-state index contributed by atoms with van der Waals surface area (Å²) in [6, 6.07) is -0.536. The highest BCUT2D eigenvalue weighted by Gasteiger charge is 2.36. The van der Waals surface area contributed by atoms with E-state index in [2.05, 4.69) is 20.3 Å². The zero-order valence-corrected chi connectivity index (χ0v) is 21.0. The van der Waals surface area contributed by atoms with Crippen molar-refractivity contribution in [2.24, 2.45) is 0 Å². The van der Waals surface area contributed by atoms with Crippen LogP contribution in [-0.4, -0.2) is 71.2 Å². The second-order valence-corrected chi connectivity index (χ2v) is 9.41. The average Bonchev–Trinajstić information content (AvgIpc) is 3.35. The first-order chi connectivity index (χ1) is 16.0. The number of hydrogen-bond donors (Lipinski definition) is 2. The first-order valence-corrected chi connectivity index (χ1v) is 12.2. The number of nitrogens with one attached hydrogen (secondary N) is 2. The molecule has 1 amide bonds. The molecule has 0 aromatic carbocycles. The summed E-state index contributed by atoms with van der Waals surface area (Å²) in [6.07, 6.45) is 0.249. The van der Waals surface area contributed by atoms with Gasteiger partial charge in [-0.2, -0.15) is 0 Å². The van der Waals surface area contributed by atoms with E-state index >= 15 is 0 Å². The van der Waals surface area contributed by atoms with E-state index in [1.54, 1.807) is 13.8 Å². The molecular formula is C21H28ClF2N5O4S. The van der Waals surface area contributed by atoms with Crippen molar-refractivity contribution in [3.63, 3.8) is 0 Å². The predicted octanol–water partition coefficient (Wildman–Crippen LogP) is 3.62. The Kier molecular flexibility index (Phi) is 8.47. The van der Waals surface area contributed by atoms with Gasteiger partial charge in [0.25, 0.3) is 11.8 Å². The van der Waals surface area contributed by atoms with Gasteiger partial charge < -0.3 is 24.7 Å². The fourth-order valence-corrected chi connectivity index (χ4v) is 4.81. The number of nitrogens with zero attached hydrogens (tertiary/aromatic N) is 3. The van der Waals surface area contributed by atoms with Crippen LogP contribution in [0.25, 0.3) is 0 Å². The second-order valence-electron chi connectivity index (χ2n) is 8.07. The molecule has 34 heavy (non-hydrogen) atoms. The van der Waals surface area contributed by atoms with Crippen LogP contribution in [0.4, 0.5) is 13.9 Å². The number of aromatic amines is 1. The fourth-order valence-electron chi connectivity index (χ4n) is 3.55. The number of esters is 1. The lowest BCUT2D eigenvalue weighted by molar-refractivity contribution is -0.0947. The number of alkyl halides is 2. The van der Waals surface area contributed by atoms with E-state index in [4.69, 9.17) is 21.1 Å². The number of aryl methyl sites for hydroxylation is 2. The molecular weight excluding hydrogens is 492 g/mol. The molecule has 1 fully saturated rings. The Balaban J connectivity index is 1.75. The number of imidazole rings is 1. The summed E-state index contributed by atoms with van der Waals surface area (Å²) in [5, 5.41) is 3.61. The van der Waals surface area contributed by atoms with Crippen molar-refractivity contribution in [1.82, 2.24) is 20.3 Å². The largest absolute Gasteiger partial charge is 0.462 e. The van der Waals surface area contributed by atoms with Crippen LogP contribution in [0.3, 0.4) is 0 Å². The summed E-state index contributed by atoms with van der Waals surface area (Å²) in [4.78, 5) is 38.5. The topological polar surface area (TPSA) is 109 Å². The van der Waals surface area contributed by atoms with Crippen molar-refractivity contribution < 1.29 is 27.8 Å². The maximum Gasteiger partial charge on any atom is 0.350 e. The molecule has 0 radical (unpaired) electrons. The number of aromatic nitrogens is 3. The number of carbonyl (C=O) groups is 2. The van der Waals surface area contributed by atoms with Crippen LogP contribution in [0.1, 0.15) is 58.9 Å². The average molecular weight is 520 g/mol. The van der Waals surface area contributed by atoms with Crippen molar-refractivity contribution in [2.45, 2.75) is 58.6 Å². The molecule has 2 aromatic rings. The van der Waals surface area contributed by atoms with E-state index in [1.165, 1.54) is 11.3 Å². The summed E-state index contributed by atoms with van der Waals surface area (Å²) >= 11 is 7.21. The molecule has 2 N–H and O–H groups in total. The number of thiazole rings is 1. The standard InChI is InChI=1S/C21H28ClF2N5O4S/c1-5-12-16(22)28-17(26-12)18(30)27-13-7-8-29(9-14(13)33-10-21(4,23)24)20-25-11(3)15(34-20)19(31)32-6-2/h13-14H,5-10H2,1-4H3,(H,26,28)(H,27,30). The fraction of sp³-hybridized carbons (Fsp3) is 0.619. The van der Waals surface area contributed by atoms with Crippen molar-refractivity contribution in [3.8, 4) is 0 Å². The molecule has 3 rings (SSSR count). The Morgan fingerprint density at radius 3 is 2.71 bits per heavy atom. The molecule has 2 atom stereocenters. The Labute approximate surface area is 205 Å². The quantitative estimate of drug-likeness (QED) is 0.487. The van der Waals surface area contributed by atoms with Crippen LogP contribution in [-0.2, 0) is 15.9 Å². The highest BCUT2D eigenvalue weighted by Crippen LogP contribution is 2.30. The molecule has 0 bridgehead atoms. The highest BCUT2D eigenvalue weighted by molar-refractivity contribution is 7.17. The molecule has 0 aliphatic carbocycles. The summed E-state index contributed by atoms with van der Waals surface area (Å²) in [6.45, 7) is 6.21. The number of amides is 1. The van der Waals surface area contributed by atoms with Gasteiger partial charge in [0.1, 0.15) is 11.5 Å². The summed E-state index contributed by atoms with van der Waals surface area (Å²) < 4.78 is 37.7. The number of ether oxygens (including phenoxy) is 2. The van der Waals surface area contributed by atoms with E-state index in [9.17, 15) is 18.4 Å². The zero-order valence-electron chi connectivity index (χ0n) is 19.4. The van der Waals surface area contributed by atoms with Gasteiger partial charge in [0.15, 0.2) is 16.1 Å². The highest BCUT2D eigenvalue weighted by atomic mass is 35.5. The van der Waals surface area contributed by atoms with Crippen molar-refractivity contribution in [2.75, 3.05) is 31.2 Å². The number of hydrogen-bond acceptors (Lipinski definition) is 8. The lowest BCUT2D eigenvalue weighted by Gasteiger charge is -2.38. The van der Waals surface area contributed by atoms with E-state index in [0.717, 1.165) is 6.92 Å². The van der Waals surface area contributed by atoms with Crippen molar-refractivity contribution in [3.05, 3.63) is 27.2 Å². The molecule has 0 saturated carbocycles. The third kappa shape index (κ3) is 6.42. The Bertz CT molecular complexity index is 1030. The van der Waals surface area contributed by atoms with E-state index in [1.807, 2.05) is 11.8 Å². The molecule has 1 aliphatic rings. The predicted molar refractivity (Wildman–Crippen MR) is 124 cm³/mol. The van der Waals surface area contributed by atoms with Crippen LogP contribution in [0.2, 0.25) is 5.15 Å². The Hall–Kier alpha value is -2.31. The van der Waals surface area contributed by atoms with Gasteiger partial charge in [-0.25, -0.2) is 23.5 Å². The van der Waals surface area contributed by atoms with Crippen LogP contribution in [0.15, 0.2) is 0 Å². The second kappa shape index (κ2) is 11.0. The number of halogens is 3. The molecule has 3 heterocycles. The van der Waals surface area contributed by atoms with Crippen molar-refractivity contribution in [1.29, 1.82) is 0 Å². The van der Waals surface area contributed by atoms with Gasteiger partial charge in [-0.3, -0.25) is 4.79 Å². The van der Waals surface area contributed by atoms with Crippen LogP contribution >= 0.6 is 22.9 Å². The third-order valence-corrected chi connectivity index (χ3v) is 6.75. The maximum absolute atomic E-state index is 13.5. The summed E-state index contributed by atoms with van der Waals surface area (Å²) in [5.41, 5.74) is 1.17. The first kappa shape index (κ1) is 26.3. The molecule has 13 heteroatoms. The minimum Gasteiger partial charge on any atom is -0.462 e. The van der Waals surface area contributed by atoms with Gasteiger partial charge in [-0.05, 0) is 26.7 Å². The lowest BCUT2D eigenvalue weighted by atomic mass is 10.0. The SMILES string of the molecule is CCOC(=O)c1sc(N2CCC(NC(=O)c3nc(Cl)c(CC)[nH]3)C(OCC(C)(F)F)C2)nc1C. The molecule has 1 aliphatic heterocycles. The van der Waals surface area contributed by atoms with Gasteiger partial charge in [0.2, 0.25) is 0 Å². The molecule has 1 saturated heterocycles. The van der Waals surface area contributed by atoms with Gasteiger partial charge in [0, 0.05) is 20.0 Å². The van der Waals surface area contributed by atoms with Crippen molar-refractivity contribution >= 4 is 39.9 Å². The molecule has 188 valence electrons. The smallest absolute Gasteiger partial charge is 0.350 e. The molecule has 0 spiro atoms. The number of anilines is 1. The maximum atomic E-state index is 13.5. The van der Waals surface area contributed by atoms with Gasteiger partial charge in [-0.1, -0.05) is 29.9 Å². The van der Waals surface area contributed by atoms with E-state index in [0.29, 0.717) is 40.8 Å². The normalized spacial score (nSPS) is 18.7. The van der Waals surface area contributed by atoms with E-state index in [-0.39, 0.29) is 24.1 Å². The number of rotatable bonds is 9. The summed E-state index contributed by atoms with van der Waals surface area (Å²) in [5.74, 6) is -3.92. The monoisotopic (exact) mass is 519 g/mol. The number of H-pyrrole nitrogens is 1.